The number of sulfonamides is 1. The fraction of sp³-hybridized carbons (Fsp3) is 0.250. The zero-order chi connectivity index (χ0) is 14.2. The van der Waals surface area contributed by atoms with Gasteiger partial charge < -0.3 is 0 Å². The van der Waals surface area contributed by atoms with Crippen molar-refractivity contribution in [1.82, 2.24) is 19.5 Å². The summed E-state index contributed by atoms with van der Waals surface area (Å²) in [6, 6.07) is 6.79. The van der Waals surface area contributed by atoms with E-state index in [4.69, 9.17) is 0 Å². The van der Waals surface area contributed by atoms with E-state index in [1.807, 2.05) is 0 Å². The number of fused-ring (bicyclic) bond motifs is 1. The molecule has 0 radical (unpaired) electrons. The Morgan fingerprint density at radius 2 is 2.15 bits per heavy atom. The van der Waals surface area contributed by atoms with Gasteiger partial charge in [-0.15, -0.1) is 0 Å². The number of benzene rings is 1. The Kier molecular flexibility index (Phi) is 3.01. The van der Waals surface area contributed by atoms with Crippen molar-refractivity contribution in [3.05, 3.63) is 42.0 Å². The quantitative estimate of drug-likeness (QED) is 0.868. The summed E-state index contributed by atoms with van der Waals surface area (Å²) in [6.45, 7) is 0.427. The van der Waals surface area contributed by atoms with Gasteiger partial charge in [0.25, 0.3) is 10.0 Å². The SMILES string of the molecule is Cn1cnc(CCN=C2NS(=O)(=O)c3ccccc32)n1. The molecule has 0 unspecified atom stereocenters. The van der Waals surface area contributed by atoms with E-state index in [9.17, 15) is 8.42 Å². The van der Waals surface area contributed by atoms with E-state index in [1.165, 1.54) is 0 Å². The summed E-state index contributed by atoms with van der Waals surface area (Å²) in [5, 5.41) is 4.15. The highest BCUT2D eigenvalue weighted by molar-refractivity contribution is 7.90. The predicted octanol–water partition coefficient (Wildman–Crippen LogP) is 0.0963. The van der Waals surface area contributed by atoms with Gasteiger partial charge in [-0.2, -0.15) is 5.10 Å². The molecule has 1 aromatic heterocycles. The first-order valence-electron chi connectivity index (χ1n) is 6.07. The van der Waals surface area contributed by atoms with E-state index in [1.54, 1.807) is 42.3 Å². The van der Waals surface area contributed by atoms with Crippen molar-refractivity contribution in [2.24, 2.45) is 12.0 Å². The van der Waals surface area contributed by atoms with Crippen molar-refractivity contribution in [1.29, 1.82) is 0 Å². The van der Waals surface area contributed by atoms with E-state index >= 15 is 0 Å². The van der Waals surface area contributed by atoms with Gasteiger partial charge in [-0.3, -0.25) is 14.4 Å². The lowest BCUT2D eigenvalue weighted by atomic mass is 10.2. The van der Waals surface area contributed by atoms with Crippen molar-refractivity contribution in [2.75, 3.05) is 6.54 Å². The molecule has 0 saturated heterocycles. The molecule has 0 saturated carbocycles. The molecule has 8 heteroatoms. The maximum absolute atomic E-state index is 11.9. The lowest BCUT2D eigenvalue weighted by Crippen LogP contribution is -2.22. The predicted molar refractivity (Wildman–Crippen MR) is 72.9 cm³/mol. The first-order chi connectivity index (χ1) is 9.56. The Labute approximate surface area is 116 Å². The van der Waals surface area contributed by atoms with Gasteiger partial charge in [0.1, 0.15) is 12.2 Å². The Hall–Kier alpha value is -2.22. The van der Waals surface area contributed by atoms with Crippen LogP contribution in [0.25, 0.3) is 0 Å². The number of amidine groups is 1. The van der Waals surface area contributed by atoms with Gasteiger partial charge in [-0.1, -0.05) is 12.1 Å². The van der Waals surface area contributed by atoms with Gasteiger partial charge in [0, 0.05) is 25.6 Å². The molecule has 1 aromatic carbocycles. The minimum absolute atomic E-state index is 0.273. The average molecular weight is 291 g/mol. The molecule has 2 aromatic rings. The van der Waals surface area contributed by atoms with Crippen LogP contribution in [-0.2, 0) is 23.5 Å². The van der Waals surface area contributed by atoms with Gasteiger partial charge >= 0.3 is 0 Å². The summed E-state index contributed by atoms with van der Waals surface area (Å²) in [5.41, 5.74) is 0.612. The highest BCUT2D eigenvalue weighted by Crippen LogP contribution is 2.21. The lowest BCUT2D eigenvalue weighted by Gasteiger charge is -1.97. The van der Waals surface area contributed by atoms with Crippen LogP contribution in [0, 0.1) is 0 Å². The molecule has 7 nitrogen and oxygen atoms in total. The van der Waals surface area contributed by atoms with E-state index in [-0.39, 0.29) is 4.90 Å². The highest BCUT2D eigenvalue weighted by Gasteiger charge is 2.29. The third-order valence-corrected chi connectivity index (χ3v) is 4.31. The van der Waals surface area contributed by atoms with Crippen molar-refractivity contribution < 1.29 is 8.42 Å². The molecule has 1 aliphatic rings. The number of aliphatic imine (C=N–C) groups is 1. The molecule has 0 bridgehead atoms. The Morgan fingerprint density at radius 1 is 1.35 bits per heavy atom. The smallest absolute Gasteiger partial charge is 0.263 e. The zero-order valence-corrected chi connectivity index (χ0v) is 11.6. The van der Waals surface area contributed by atoms with Crippen molar-refractivity contribution in [3.63, 3.8) is 0 Å². The molecule has 1 N–H and O–H groups in total. The first-order valence-corrected chi connectivity index (χ1v) is 7.56. The molecule has 0 atom stereocenters. The second-order valence-corrected chi connectivity index (χ2v) is 6.07. The number of hydrogen-bond acceptors (Lipinski definition) is 5. The second kappa shape index (κ2) is 4.71. The minimum Gasteiger partial charge on any atom is -0.267 e. The molecule has 0 fully saturated rings. The monoisotopic (exact) mass is 291 g/mol. The molecule has 1 aliphatic heterocycles. The third-order valence-electron chi connectivity index (χ3n) is 2.92. The molecule has 104 valence electrons. The van der Waals surface area contributed by atoms with E-state index in [0.29, 0.717) is 30.2 Å². The maximum atomic E-state index is 11.9. The number of aromatic nitrogens is 3. The fourth-order valence-corrected chi connectivity index (χ4v) is 3.27. The summed E-state index contributed by atoms with van der Waals surface area (Å²) >= 11 is 0. The summed E-state index contributed by atoms with van der Waals surface area (Å²) in [6.07, 6.45) is 2.18. The van der Waals surface area contributed by atoms with Crippen LogP contribution < -0.4 is 4.72 Å². The Bertz CT molecular complexity index is 779. The van der Waals surface area contributed by atoms with Gasteiger partial charge in [0.05, 0.1) is 4.90 Å². The summed E-state index contributed by atoms with van der Waals surface area (Å²) in [4.78, 5) is 8.67. The Morgan fingerprint density at radius 3 is 2.90 bits per heavy atom. The van der Waals surface area contributed by atoms with Crippen LogP contribution >= 0.6 is 0 Å². The average Bonchev–Trinajstić information content (AvgIpc) is 2.93. The van der Waals surface area contributed by atoms with E-state index < -0.39 is 10.0 Å². The fourth-order valence-electron chi connectivity index (χ4n) is 2.02. The number of nitrogens with one attached hydrogen (secondary N) is 1. The number of rotatable bonds is 3. The van der Waals surface area contributed by atoms with Crippen LogP contribution in [0.1, 0.15) is 11.4 Å². The van der Waals surface area contributed by atoms with Crippen molar-refractivity contribution in [3.8, 4) is 0 Å². The minimum atomic E-state index is -3.46. The summed E-state index contributed by atoms with van der Waals surface area (Å²) in [5.74, 6) is 1.07. The lowest BCUT2D eigenvalue weighted by molar-refractivity contribution is 0.595. The number of nitrogens with zero attached hydrogens (tertiary/aromatic N) is 4. The standard InChI is InChI=1S/C12H13N5O2S/c1-17-8-14-11(15-17)6-7-13-12-9-4-2-3-5-10(9)20(18,19)16-12/h2-5,8H,6-7H2,1H3,(H,13,16). The van der Waals surface area contributed by atoms with Crippen LogP contribution in [0.2, 0.25) is 0 Å². The normalized spacial score (nSPS) is 17.9. The van der Waals surface area contributed by atoms with Gasteiger partial charge in [-0.25, -0.2) is 13.4 Å². The van der Waals surface area contributed by atoms with Crippen LogP contribution in [-0.4, -0.2) is 35.6 Å². The summed E-state index contributed by atoms with van der Waals surface area (Å²) < 4.78 is 27.8. The molecule has 0 amide bonds. The first kappa shape index (κ1) is 12.8. The zero-order valence-electron chi connectivity index (χ0n) is 10.8. The van der Waals surface area contributed by atoms with Crippen LogP contribution in [0.3, 0.4) is 0 Å². The molecule has 20 heavy (non-hydrogen) atoms. The van der Waals surface area contributed by atoms with Crippen LogP contribution in [0.4, 0.5) is 0 Å². The molecule has 0 aliphatic carbocycles. The molecule has 2 heterocycles. The molecule has 0 spiro atoms. The molecule has 3 rings (SSSR count). The largest absolute Gasteiger partial charge is 0.267 e. The van der Waals surface area contributed by atoms with Crippen molar-refractivity contribution in [2.45, 2.75) is 11.3 Å². The second-order valence-electron chi connectivity index (χ2n) is 4.42. The van der Waals surface area contributed by atoms with Crippen LogP contribution in [0.15, 0.2) is 40.5 Å². The summed E-state index contributed by atoms with van der Waals surface area (Å²) in [7, 11) is -1.67. The number of aryl methyl sites for hydroxylation is 1. The van der Waals surface area contributed by atoms with Crippen LogP contribution in [0.5, 0.6) is 0 Å². The van der Waals surface area contributed by atoms with Gasteiger partial charge in [0.2, 0.25) is 0 Å². The van der Waals surface area contributed by atoms with Crippen molar-refractivity contribution >= 4 is 15.9 Å². The molecular weight excluding hydrogens is 278 g/mol. The maximum Gasteiger partial charge on any atom is 0.263 e. The highest BCUT2D eigenvalue weighted by atomic mass is 32.2. The van der Waals surface area contributed by atoms with E-state index in [2.05, 4.69) is 19.8 Å². The number of hydrogen-bond donors (Lipinski definition) is 1. The van der Waals surface area contributed by atoms with Gasteiger partial charge in [-0.05, 0) is 12.1 Å². The third kappa shape index (κ3) is 2.29. The molecular formula is C12H13N5O2S. The Balaban J connectivity index is 1.80. The van der Waals surface area contributed by atoms with Gasteiger partial charge in [0.15, 0.2) is 5.82 Å². The topological polar surface area (TPSA) is 89.2 Å². The van der Waals surface area contributed by atoms with E-state index in [0.717, 1.165) is 0 Å².